The quantitative estimate of drug-likeness (QED) is 0.757. The molecule has 0 aliphatic heterocycles. The van der Waals surface area contributed by atoms with Crippen LogP contribution < -0.4 is 0 Å². The van der Waals surface area contributed by atoms with Gasteiger partial charge in [0.25, 0.3) is 0 Å². The van der Waals surface area contributed by atoms with Gasteiger partial charge in [-0.3, -0.25) is 4.79 Å². The van der Waals surface area contributed by atoms with Crippen molar-refractivity contribution in [3.05, 3.63) is 30.3 Å². The number of hydrogen-bond donors (Lipinski definition) is 0. The predicted molar refractivity (Wildman–Crippen MR) is 77.8 cm³/mol. The highest BCUT2D eigenvalue weighted by Crippen LogP contribution is 2.18. The van der Waals surface area contributed by atoms with E-state index in [4.69, 9.17) is 0 Å². The summed E-state index contributed by atoms with van der Waals surface area (Å²) in [5.74, 6) is 0.442. The van der Waals surface area contributed by atoms with E-state index >= 15 is 0 Å². The average Bonchev–Trinajstić information content (AvgIpc) is 2.95. The molecule has 1 aromatic heterocycles. The fourth-order valence-corrected chi connectivity index (χ4v) is 2.59. The van der Waals surface area contributed by atoms with Gasteiger partial charge < -0.3 is 4.90 Å². The van der Waals surface area contributed by atoms with Crippen LogP contribution in [-0.4, -0.2) is 49.9 Å². The van der Waals surface area contributed by atoms with E-state index in [0.29, 0.717) is 10.9 Å². The first-order valence-electron chi connectivity index (χ1n) is 6.50. The molecule has 7 heteroatoms. The van der Waals surface area contributed by atoms with Crippen molar-refractivity contribution in [3.63, 3.8) is 0 Å². The number of benzene rings is 1. The van der Waals surface area contributed by atoms with Crippen molar-refractivity contribution in [1.29, 1.82) is 0 Å². The minimum Gasteiger partial charge on any atom is -0.343 e. The van der Waals surface area contributed by atoms with Gasteiger partial charge in [-0.1, -0.05) is 30.0 Å². The van der Waals surface area contributed by atoms with Crippen LogP contribution in [0.5, 0.6) is 0 Å². The van der Waals surface area contributed by atoms with Gasteiger partial charge in [-0.2, -0.15) is 4.68 Å². The molecule has 0 N–H and O–H groups in total. The largest absolute Gasteiger partial charge is 0.343 e. The SMILES string of the molecule is CCN(CC)C(=O)CSc1nnnn1-c1ccccc1. The van der Waals surface area contributed by atoms with Crippen LogP contribution in [0.15, 0.2) is 35.5 Å². The monoisotopic (exact) mass is 291 g/mol. The van der Waals surface area contributed by atoms with Gasteiger partial charge in [0.2, 0.25) is 11.1 Å². The molecule has 0 saturated heterocycles. The molecular formula is C13H17N5OS. The van der Waals surface area contributed by atoms with E-state index < -0.39 is 0 Å². The van der Waals surface area contributed by atoms with Gasteiger partial charge in [-0.15, -0.1) is 5.10 Å². The number of aromatic nitrogens is 4. The van der Waals surface area contributed by atoms with Crippen LogP contribution in [0.3, 0.4) is 0 Å². The number of nitrogens with zero attached hydrogens (tertiary/aromatic N) is 5. The molecule has 1 aromatic carbocycles. The minimum absolute atomic E-state index is 0.0996. The fraction of sp³-hybridized carbons (Fsp3) is 0.385. The zero-order valence-corrected chi connectivity index (χ0v) is 12.4. The Hall–Kier alpha value is -1.89. The number of para-hydroxylation sites is 1. The number of hydrogen-bond acceptors (Lipinski definition) is 5. The van der Waals surface area contributed by atoms with Crippen LogP contribution in [0.1, 0.15) is 13.8 Å². The molecule has 0 atom stereocenters. The Kier molecular flexibility index (Phi) is 5.11. The highest BCUT2D eigenvalue weighted by Gasteiger charge is 2.14. The molecule has 6 nitrogen and oxygen atoms in total. The molecule has 20 heavy (non-hydrogen) atoms. The molecule has 0 bridgehead atoms. The van der Waals surface area contributed by atoms with E-state index in [2.05, 4.69) is 15.5 Å². The van der Waals surface area contributed by atoms with Gasteiger partial charge in [0, 0.05) is 13.1 Å². The molecule has 106 valence electrons. The summed E-state index contributed by atoms with van der Waals surface area (Å²) < 4.78 is 1.64. The molecule has 0 aliphatic carbocycles. The van der Waals surface area contributed by atoms with Crippen molar-refractivity contribution >= 4 is 17.7 Å². The lowest BCUT2D eigenvalue weighted by Crippen LogP contribution is -2.31. The molecular weight excluding hydrogens is 274 g/mol. The third-order valence-electron chi connectivity index (χ3n) is 2.88. The van der Waals surface area contributed by atoms with Crippen molar-refractivity contribution in [1.82, 2.24) is 25.1 Å². The van der Waals surface area contributed by atoms with Crippen LogP contribution in [0, 0.1) is 0 Å². The molecule has 1 heterocycles. The number of carbonyl (C=O) groups excluding carboxylic acids is 1. The first-order chi connectivity index (χ1) is 9.76. The standard InChI is InChI=1S/C13H17N5OS/c1-3-17(4-2)12(19)10-20-13-14-15-16-18(13)11-8-6-5-7-9-11/h5-9H,3-4,10H2,1-2H3. The molecule has 0 aliphatic rings. The van der Waals surface area contributed by atoms with Gasteiger partial charge in [0.05, 0.1) is 11.4 Å². The van der Waals surface area contributed by atoms with Crippen molar-refractivity contribution in [2.24, 2.45) is 0 Å². The van der Waals surface area contributed by atoms with Crippen LogP contribution in [-0.2, 0) is 4.79 Å². The van der Waals surface area contributed by atoms with Crippen LogP contribution in [0.4, 0.5) is 0 Å². The van der Waals surface area contributed by atoms with E-state index in [1.807, 2.05) is 44.2 Å². The summed E-state index contributed by atoms with van der Waals surface area (Å²) >= 11 is 1.35. The minimum atomic E-state index is 0.0996. The van der Waals surface area contributed by atoms with Gasteiger partial charge in [0.15, 0.2) is 0 Å². The maximum atomic E-state index is 12.0. The summed E-state index contributed by atoms with van der Waals surface area (Å²) in [7, 11) is 0. The van der Waals surface area contributed by atoms with E-state index in [-0.39, 0.29) is 5.91 Å². The van der Waals surface area contributed by atoms with Crippen molar-refractivity contribution in [2.45, 2.75) is 19.0 Å². The van der Waals surface area contributed by atoms with Crippen molar-refractivity contribution < 1.29 is 4.79 Å². The smallest absolute Gasteiger partial charge is 0.233 e. The van der Waals surface area contributed by atoms with Gasteiger partial charge in [-0.25, -0.2) is 0 Å². The van der Waals surface area contributed by atoms with E-state index in [1.165, 1.54) is 11.8 Å². The summed E-state index contributed by atoms with van der Waals surface area (Å²) in [5.41, 5.74) is 0.885. The topological polar surface area (TPSA) is 63.9 Å². The number of tetrazole rings is 1. The number of thioether (sulfide) groups is 1. The zero-order chi connectivity index (χ0) is 14.4. The Bertz CT molecular complexity index is 553. The number of amides is 1. The second-order valence-electron chi connectivity index (χ2n) is 4.06. The predicted octanol–water partition coefficient (Wildman–Crippen LogP) is 1.62. The highest BCUT2D eigenvalue weighted by atomic mass is 32.2. The number of carbonyl (C=O) groups is 1. The highest BCUT2D eigenvalue weighted by molar-refractivity contribution is 7.99. The fourth-order valence-electron chi connectivity index (χ4n) is 1.79. The Morgan fingerprint density at radius 2 is 1.95 bits per heavy atom. The normalized spacial score (nSPS) is 10.5. The second-order valence-corrected chi connectivity index (χ2v) is 5.01. The van der Waals surface area contributed by atoms with Crippen molar-refractivity contribution in [3.8, 4) is 5.69 Å². The molecule has 0 spiro atoms. The maximum Gasteiger partial charge on any atom is 0.233 e. The van der Waals surface area contributed by atoms with Crippen LogP contribution in [0.2, 0.25) is 0 Å². The Morgan fingerprint density at radius 3 is 2.60 bits per heavy atom. The summed E-state index contributed by atoms with van der Waals surface area (Å²) in [6.07, 6.45) is 0. The lowest BCUT2D eigenvalue weighted by Gasteiger charge is -2.17. The van der Waals surface area contributed by atoms with Crippen molar-refractivity contribution in [2.75, 3.05) is 18.8 Å². The molecule has 2 rings (SSSR count). The summed E-state index contributed by atoms with van der Waals surface area (Å²) in [6, 6.07) is 9.63. The van der Waals surface area contributed by atoms with Gasteiger partial charge in [0.1, 0.15) is 0 Å². The number of rotatable bonds is 6. The van der Waals surface area contributed by atoms with E-state index in [0.717, 1.165) is 18.8 Å². The van der Waals surface area contributed by atoms with Gasteiger partial charge in [-0.05, 0) is 36.4 Å². The Morgan fingerprint density at radius 1 is 1.25 bits per heavy atom. The lowest BCUT2D eigenvalue weighted by molar-refractivity contribution is -0.127. The molecule has 2 aromatic rings. The Balaban J connectivity index is 2.05. The van der Waals surface area contributed by atoms with E-state index in [1.54, 1.807) is 9.58 Å². The van der Waals surface area contributed by atoms with Crippen LogP contribution in [0.25, 0.3) is 5.69 Å². The zero-order valence-electron chi connectivity index (χ0n) is 11.6. The summed E-state index contributed by atoms with van der Waals surface area (Å²) in [5, 5.41) is 12.2. The first kappa shape index (κ1) is 14.5. The Labute approximate surface area is 122 Å². The van der Waals surface area contributed by atoms with Gasteiger partial charge >= 0.3 is 0 Å². The lowest BCUT2D eigenvalue weighted by atomic mass is 10.3. The molecule has 1 amide bonds. The first-order valence-corrected chi connectivity index (χ1v) is 7.49. The summed E-state index contributed by atoms with van der Waals surface area (Å²) in [4.78, 5) is 13.8. The van der Waals surface area contributed by atoms with E-state index in [9.17, 15) is 4.79 Å². The maximum absolute atomic E-state index is 12.0. The third kappa shape index (κ3) is 3.36. The molecule has 0 fully saturated rings. The third-order valence-corrected chi connectivity index (χ3v) is 3.79. The average molecular weight is 291 g/mol. The molecule has 0 saturated carbocycles. The molecule has 0 unspecified atom stereocenters. The molecule has 0 radical (unpaired) electrons. The van der Waals surface area contributed by atoms with Crippen LogP contribution >= 0.6 is 11.8 Å². The summed E-state index contributed by atoms with van der Waals surface area (Å²) in [6.45, 7) is 5.39. The second kappa shape index (κ2) is 7.04.